The smallest absolute Gasteiger partial charge is 0.239 e. The molecule has 0 aromatic rings. The summed E-state index contributed by atoms with van der Waals surface area (Å²) in [7, 11) is 0. The number of likely N-dealkylation sites (tertiary alicyclic amines) is 1. The number of nitrogens with one attached hydrogen (secondary N) is 1. The summed E-state index contributed by atoms with van der Waals surface area (Å²) in [5, 5.41) is 3.70. The van der Waals surface area contributed by atoms with Gasteiger partial charge in [-0.05, 0) is 58.9 Å². The SMILES string of the molecule is CCN(CC)C(=O)C(C)N1CCC(NCC2CC2)CC1.Cl. The third-order valence-electron chi connectivity index (χ3n) is 4.90. The molecule has 1 saturated heterocycles. The highest BCUT2D eigenvalue weighted by Crippen LogP contribution is 2.28. The van der Waals surface area contributed by atoms with Gasteiger partial charge in [0.2, 0.25) is 5.91 Å². The lowest BCUT2D eigenvalue weighted by atomic mass is 10.0. The van der Waals surface area contributed by atoms with E-state index < -0.39 is 0 Å². The number of carbonyl (C=O) groups is 1. The number of amides is 1. The van der Waals surface area contributed by atoms with Gasteiger partial charge >= 0.3 is 0 Å². The van der Waals surface area contributed by atoms with Crippen LogP contribution in [0.4, 0.5) is 0 Å². The molecule has 1 amide bonds. The second kappa shape index (κ2) is 8.96. The van der Waals surface area contributed by atoms with Gasteiger partial charge in [-0.15, -0.1) is 12.4 Å². The molecular weight excluding hydrogens is 286 g/mol. The second-order valence-electron chi connectivity index (χ2n) is 6.35. The van der Waals surface area contributed by atoms with Crippen molar-refractivity contribution >= 4 is 18.3 Å². The van der Waals surface area contributed by atoms with E-state index in [4.69, 9.17) is 0 Å². The maximum atomic E-state index is 12.4. The molecule has 1 aliphatic heterocycles. The van der Waals surface area contributed by atoms with Gasteiger partial charge in [0.05, 0.1) is 6.04 Å². The minimum Gasteiger partial charge on any atom is -0.342 e. The van der Waals surface area contributed by atoms with Gasteiger partial charge in [0.1, 0.15) is 0 Å². The number of likely N-dealkylation sites (N-methyl/N-ethyl adjacent to an activating group) is 1. The Morgan fingerprint density at radius 2 is 1.76 bits per heavy atom. The lowest BCUT2D eigenvalue weighted by molar-refractivity contribution is -0.136. The van der Waals surface area contributed by atoms with E-state index in [0.717, 1.165) is 32.1 Å². The first-order chi connectivity index (χ1) is 9.65. The van der Waals surface area contributed by atoms with Crippen LogP contribution < -0.4 is 5.32 Å². The Kier molecular flexibility index (Phi) is 7.99. The predicted molar refractivity (Wildman–Crippen MR) is 90.0 cm³/mol. The van der Waals surface area contributed by atoms with Crippen LogP contribution in [0.15, 0.2) is 0 Å². The molecule has 4 nitrogen and oxygen atoms in total. The molecule has 2 fully saturated rings. The minimum absolute atomic E-state index is 0. The molecular formula is C16H32ClN3O. The summed E-state index contributed by atoms with van der Waals surface area (Å²) in [5.41, 5.74) is 0. The standard InChI is InChI=1S/C16H31N3O.ClH/c1-4-18(5-2)16(20)13(3)19-10-8-15(9-11-19)17-12-14-6-7-14;/h13-15,17H,4-12H2,1-3H3;1H. The summed E-state index contributed by atoms with van der Waals surface area (Å²) in [5.74, 6) is 1.25. The van der Waals surface area contributed by atoms with Crippen LogP contribution in [0.5, 0.6) is 0 Å². The molecule has 0 radical (unpaired) electrons. The van der Waals surface area contributed by atoms with Crippen molar-refractivity contribution in [1.29, 1.82) is 0 Å². The normalized spacial score (nSPS) is 21.7. The zero-order valence-corrected chi connectivity index (χ0v) is 14.6. The quantitative estimate of drug-likeness (QED) is 0.781. The highest BCUT2D eigenvalue weighted by atomic mass is 35.5. The molecule has 0 bridgehead atoms. The van der Waals surface area contributed by atoms with Gasteiger partial charge < -0.3 is 10.2 Å². The maximum Gasteiger partial charge on any atom is 0.239 e. The van der Waals surface area contributed by atoms with Crippen LogP contribution >= 0.6 is 12.4 Å². The lowest BCUT2D eigenvalue weighted by Gasteiger charge is -2.37. The van der Waals surface area contributed by atoms with E-state index in [2.05, 4.69) is 31.0 Å². The van der Waals surface area contributed by atoms with Crippen LogP contribution in [0.2, 0.25) is 0 Å². The van der Waals surface area contributed by atoms with Gasteiger partial charge in [-0.3, -0.25) is 9.69 Å². The van der Waals surface area contributed by atoms with Gasteiger partial charge in [-0.1, -0.05) is 0 Å². The number of rotatable bonds is 7. The van der Waals surface area contributed by atoms with E-state index in [1.165, 1.54) is 32.2 Å². The summed E-state index contributed by atoms with van der Waals surface area (Å²) in [6.07, 6.45) is 5.20. The van der Waals surface area contributed by atoms with Gasteiger partial charge in [0.25, 0.3) is 0 Å². The maximum absolute atomic E-state index is 12.4. The molecule has 1 N–H and O–H groups in total. The second-order valence-corrected chi connectivity index (χ2v) is 6.35. The minimum atomic E-state index is 0. The Morgan fingerprint density at radius 1 is 1.19 bits per heavy atom. The Labute approximate surface area is 136 Å². The van der Waals surface area contributed by atoms with Crippen LogP contribution in [0, 0.1) is 5.92 Å². The number of hydrogen-bond donors (Lipinski definition) is 1. The van der Waals surface area contributed by atoms with E-state index in [-0.39, 0.29) is 18.4 Å². The topological polar surface area (TPSA) is 35.6 Å². The van der Waals surface area contributed by atoms with Crippen molar-refractivity contribution in [3.8, 4) is 0 Å². The average Bonchev–Trinajstić information content (AvgIpc) is 3.30. The molecule has 1 saturated carbocycles. The molecule has 1 aliphatic carbocycles. The average molecular weight is 318 g/mol. The van der Waals surface area contributed by atoms with Crippen molar-refractivity contribution in [2.75, 3.05) is 32.7 Å². The first-order valence-electron chi connectivity index (χ1n) is 8.41. The molecule has 21 heavy (non-hydrogen) atoms. The Morgan fingerprint density at radius 3 is 2.24 bits per heavy atom. The summed E-state index contributed by atoms with van der Waals surface area (Å²) in [6.45, 7) is 11.1. The zero-order valence-electron chi connectivity index (χ0n) is 13.8. The van der Waals surface area contributed by atoms with Crippen LogP contribution in [0.25, 0.3) is 0 Å². The van der Waals surface area contributed by atoms with Crippen molar-refractivity contribution in [2.45, 2.75) is 58.5 Å². The molecule has 5 heteroatoms. The monoisotopic (exact) mass is 317 g/mol. The van der Waals surface area contributed by atoms with Crippen molar-refractivity contribution in [3.63, 3.8) is 0 Å². The molecule has 1 atom stereocenters. The molecule has 1 unspecified atom stereocenters. The highest BCUT2D eigenvalue weighted by Gasteiger charge is 2.29. The van der Waals surface area contributed by atoms with Crippen molar-refractivity contribution in [1.82, 2.24) is 15.1 Å². The Hall–Kier alpha value is -0.320. The number of nitrogens with zero attached hydrogens (tertiary/aromatic N) is 2. The Balaban J connectivity index is 0.00000220. The van der Waals surface area contributed by atoms with Crippen LogP contribution in [-0.4, -0.2) is 60.5 Å². The summed E-state index contributed by atoms with van der Waals surface area (Å²) < 4.78 is 0. The van der Waals surface area contributed by atoms with E-state index in [9.17, 15) is 4.79 Å². The lowest BCUT2D eigenvalue weighted by Crippen LogP contribution is -2.52. The third-order valence-corrected chi connectivity index (χ3v) is 4.90. The van der Waals surface area contributed by atoms with E-state index >= 15 is 0 Å². The largest absolute Gasteiger partial charge is 0.342 e. The van der Waals surface area contributed by atoms with E-state index in [1.807, 2.05) is 4.90 Å². The molecule has 2 rings (SSSR count). The molecule has 1 heterocycles. The highest BCUT2D eigenvalue weighted by molar-refractivity contribution is 5.85. The molecule has 124 valence electrons. The summed E-state index contributed by atoms with van der Waals surface area (Å²) >= 11 is 0. The van der Waals surface area contributed by atoms with Crippen LogP contribution in [0.3, 0.4) is 0 Å². The number of halogens is 1. The van der Waals surface area contributed by atoms with Crippen molar-refractivity contribution < 1.29 is 4.79 Å². The number of piperidine rings is 1. The molecule has 2 aliphatic rings. The van der Waals surface area contributed by atoms with Crippen LogP contribution in [0.1, 0.15) is 46.5 Å². The van der Waals surface area contributed by atoms with Gasteiger partial charge in [-0.2, -0.15) is 0 Å². The van der Waals surface area contributed by atoms with Gasteiger partial charge in [0, 0.05) is 32.2 Å². The fourth-order valence-corrected chi connectivity index (χ4v) is 3.10. The van der Waals surface area contributed by atoms with E-state index in [0.29, 0.717) is 11.9 Å². The summed E-state index contributed by atoms with van der Waals surface area (Å²) in [4.78, 5) is 16.7. The predicted octanol–water partition coefficient (Wildman–Crippen LogP) is 2.13. The van der Waals surface area contributed by atoms with Crippen LogP contribution in [-0.2, 0) is 4.79 Å². The van der Waals surface area contributed by atoms with Gasteiger partial charge in [0.15, 0.2) is 0 Å². The summed E-state index contributed by atoms with van der Waals surface area (Å²) in [6, 6.07) is 0.710. The van der Waals surface area contributed by atoms with Crippen molar-refractivity contribution in [2.24, 2.45) is 5.92 Å². The first kappa shape index (κ1) is 18.7. The molecule has 0 aromatic heterocycles. The number of hydrogen-bond acceptors (Lipinski definition) is 3. The Bertz CT molecular complexity index is 311. The molecule has 0 spiro atoms. The fraction of sp³-hybridized carbons (Fsp3) is 0.938. The van der Waals surface area contributed by atoms with Crippen molar-refractivity contribution in [3.05, 3.63) is 0 Å². The van der Waals surface area contributed by atoms with E-state index in [1.54, 1.807) is 0 Å². The fourth-order valence-electron chi connectivity index (χ4n) is 3.10. The third kappa shape index (κ3) is 5.42. The zero-order chi connectivity index (χ0) is 14.5. The number of carbonyl (C=O) groups excluding carboxylic acids is 1. The first-order valence-corrected chi connectivity index (χ1v) is 8.41. The van der Waals surface area contributed by atoms with Gasteiger partial charge in [-0.25, -0.2) is 0 Å². The molecule has 0 aromatic carbocycles.